The van der Waals surface area contributed by atoms with Gasteiger partial charge in [0.05, 0.1) is 31.0 Å². The summed E-state index contributed by atoms with van der Waals surface area (Å²) < 4.78 is 10.8. The number of nitrogens with one attached hydrogen (secondary N) is 2. The van der Waals surface area contributed by atoms with E-state index in [1.54, 1.807) is 6.92 Å². The molecule has 2 aromatic rings. The van der Waals surface area contributed by atoms with Crippen LogP contribution in [-0.4, -0.2) is 31.6 Å². The zero-order valence-electron chi connectivity index (χ0n) is 17.2. The van der Waals surface area contributed by atoms with Crippen LogP contribution in [0, 0.1) is 5.92 Å². The lowest BCUT2D eigenvalue weighted by atomic mass is 9.88. The Bertz CT molecular complexity index is 878. The van der Waals surface area contributed by atoms with Gasteiger partial charge in [0.1, 0.15) is 10.8 Å². The molecule has 1 aromatic carbocycles. The van der Waals surface area contributed by atoms with E-state index in [0.717, 1.165) is 30.5 Å². The third kappa shape index (κ3) is 5.09. The first-order valence-electron chi connectivity index (χ1n) is 10.1. The van der Waals surface area contributed by atoms with Crippen molar-refractivity contribution in [3.05, 3.63) is 40.3 Å². The van der Waals surface area contributed by atoms with Crippen LogP contribution < -0.4 is 15.4 Å². The Hall–Kier alpha value is -2.54. The fourth-order valence-electron chi connectivity index (χ4n) is 3.50. The number of para-hydroxylation sites is 2. The summed E-state index contributed by atoms with van der Waals surface area (Å²) in [4.78, 5) is 26.3. The van der Waals surface area contributed by atoms with E-state index in [2.05, 4.69) is 17.6 Å². The second kappa shape index (κ2) is 9.78. The molecule has 0 unspecified atom stereocenters. The molecule has 0 aliphatic heterocycles. The molecule has 1 heterocycles. The van der Waals surface area contributed by atoms with Gasteiger partial charge in [-0.05, 0) is 56.7 Å². The van der Waals surface area contributed by atoms with Gasteiger partial charge in [-0.15, -0.1) is 11.3 Å². The average molecular weight is 417 g/mol. The van der Waals surface area contributed by atoms with E-state index < -0.39 is 0 Å². The number of rotatable bonds is 8. The van der Waals surface area contributed by atoms with E-state index in [1.807, 2.05) is 31.2 Å². The normalized spacial score (nSPS) is 15.3. The number of esters is 1. The van der Waals surface area contributed by atoms with Crippen LogP contribution in [0.2, 0.25) is 0 Å². The maximum atomic E-state index is 12.6. The van der Waals surface area contributed by atoms with Gasteiger partial charge in [-0.3, -0.25) is 4.79 Å². The fraction of sp³-hybridized carbons (Fsp3) is 0.455. The maximum absolute atomic E-state index is 12.6. The molecule has 0 radical (unpaired) electrons. The van der Waals surface area contributed by atoms with E-state index >= 15 is 0 Å². The molecule has 2 N–H and O–H groups in total. The molecule has 1 amide bonds. The van der Waals surface area contributed by atoms with Gasteiger partial charge >= 0.3 is 5.97 Å². The molecule has 1 atom stereocenters. The smallest absolute Gasteiger partial charge is 0.341 e. The third-order valence-electron chi connectivity index (χ3n) is 4.87. The quantitative estimate of drug-likeness (QED) is 0.620. The number of amides is 1. The van der Waals surface area contributed by atoms with Gasteiger partial charge in [-0.2, -0.15) is 0 Å². The van der Waals surface area contributed by atoms with Gasteiger partial charge < -0.3 is 20.1 Å². The standard InChI is InChI=1S/C22H28N2O4S/c1-4-27-17-9-7-6-8-16(17)23-13-19(25)24-21-20(22(26)28-5-2)15-11-10-14(3)12-18(15)29-21/h6-9,14,23H,4-5,10-13H2,1-3H3,(H,24,25)/t14-/m0/s1. The zero-order chi connectivity index (χ0) is 20.8. The highest BCUT2D eigenvalue weighted by atomic mass is 32.1. The molecule has 0 fully saturated rings. The predicted molar refractivity (Wildman–Crippen MR) is 116 cm³/mol. The van der Waals surface area contributed by atoms with Crippen molar-refractivity contribution in [1.82, 2.24) is 0 Å². The monoisotopic (exact) mass is 416 g/mol. The Kier molecular flexibility index (Phi) is 7.14. The number of fused-ring (bicyclic) bond motifs is 1. The Labute approximate surface area is 175 Å². The van der Waals surface area contributed by atoms with Crippen molar-refractivity contribution >= 4 is 33.9 Å². The Morgan fingerprint density at radius 2 is 2.00 bits per heavy atom. The summed E-state index contributed by atoms with van der Waals surface area (Å²) in [5.41, 5.74) is 2.33. The van der Waals surface area contributed by atoms with Crippen LogP contribution in [0.25, 0.3) is 0 Å². The van der Waals surface area contributed by atoms with E-state index in [4.69, 9.17) is 9.47 Å². The summed E-state index contributed by atoms with van der Waals surface area (Å²) in [6.07, 6.45) is 2.82. The van der Waals surface area contributed by atoms with Crippen LogP contribution in [0.1, 0.15) is 48.0 Å². The molecular formula is C22H28N2O4S. The lowest BCUT2D eigenvalue weighted by Gasteiger charge is -2.18. The van der Waals surface area contributed by atoms with Crippen molar-refractivity contribution in [2.45, 2.75) is 40.0 Å². The number of thiophene rings is 1. The predicted octanol–water partition coefficient (Wildman–Crippen LogP) is 4.50. The SMILES string of the molecule is CCOC(=O)c1c(NC(=O)CNc2ccccc2OCC)sc2c1CC[C@H](C)C2. The second-order valence-electron chi connectivity index (χ2n) is 7.11. The van der Waals surface area contributed by atoms with Gasteiger partial charge in [0.15, 0.2) is 0 Å². The molecule has 0 spiro atoms. The Morgan fingerprint density at radius 1 is 1.21 bits per heavy atom. The molecule has 0 bridgehead atoms. The molecular weight excluding hydrogens is 388 g/mol. The Morgan fingerprint density at radius 3 is 2.76 bits per heavy atom. The topological polar surface area (TPSA) is 76.7 Å². The largest absolute Gasteiger partial charge is 0.492 e. The van der Waals surface area contributed by atoms with Gasteiger partial charge in [0.25, 0.3) is 0 Å². The number of hydrogen-bond donors (Lipinski definition) is 2. The van der Waals surface area contributed by atoms with E-state index in [1.165, 1.54) is 16.2 Å². The summed E-state index contributed by atoms with van der Waals surface area (Å²) >= 11 is 1.50. The molecule has 6 nitrogen and oxygen atoms in total. The lowest BCUT2D eigenvalue weighted by Crippen LogP contribution is -2.23. The van der Waals surface area contributed by atoms with Crippen LogP contribution in [0.15, 0.2) is 24.3 Å². The second-order valence-corrected chi connectivity index (χ2v) is 8.21. The minimum Gasteiger partial charge on any atom is -0.492 e. The van der Waals surface area contributed by atoms with Crippen LogP contribution in [0.3, 0.4) is 0 Å². The molecule has 7 heteroatoms. The number of carbonyl (C=O) groups is 2. The summed E-state index contributed by atoms with van der Waals surface area (Å²) in [7, 11) is 0. The van der Waals surface area contributed by atoms with Crippen molar-refractivity contribution in [3.8, 4) is 5.75 Å². The van der Waals surface area contributed by atoms with Gasteiger partial charge in [-0.1, -0.05) is 19.1 Å². The highest BCUT2D eigenvalue weighted by Crippen LogP contribution is 2.40. The molecule has 156 valence electrons. The average Bonchev–Trinajstić information content (AvgIpc) is 3.04. The molecule has 1 aliphatic carbocycles. The highest BCUT2D eigenvalue weighted by Gasteiger charge is 2.29. The van der Waals surface area contributed by atoms with Gasteiger partial charge in [-0.25, -0.2) is 4.79 Å². The highest BCUT2D eigenvalue weighted by molar-refractivity contribution is 7.17. The molecule has 0 saturated carbocycles. The fourth-order valence-corrected chi connectivity index (χ4v) is 4.91. The Balaban J connectivity index is 1.74. The molecule has 1 aromatic heterocycles. The zero-order valence-corrected chi connectivity index (χ0v) is 18.0. The molecule has 3 rings (SSSR count). The third-order valence-corrected chi connectivity index (χ3v) is 6.04. The van der Waals surface area contributed by atoms with Gasteiger partial charge in [0, 0.05) is 4.88 Å². The van der Waals surface area contributed by atoms with Crippen molar-refractivity contribution in [1.29, 1.82) is 0 Å². The van der Waals surface area contributed by atoms with Crippen molar-refractivity contribution in [2.24, 2.45) is 5.92 Å². The molecule has 1 aliphatic rings. The van der Waals surface area contributed by atoms with E-state index in [-0.39, 0.29) is 18.4 Å². The first-order valence-corrected chi connectivity index (χ1v) is 10.9. The lowest BCUT2D eigenvalue weighted by molar-refractivity contribution is -0.114. The van der Waals surface area contributed by atoms with E-state index in [0.29, 0.717) is 35.4 Å². The molecule has 29 heavy (non-hydrogen) atoms. The minimum absolute atomic E-state index is 0.0747. The van der Waals surface area contributed by atoms with E-state index in [9.17, 15) is 9.59 Å². The van der Waals surface area contributed by atoms with Crippen LogP contribution in [0.4, 0.5) is 10.7 Å². The van der Waals surface area contributed by atoms with Crippen LogP contribution >= 0.6 is 11.3 Å². The number of carbonyl (C=O) groups excluding carboxylic acids is 2. The van der Waals surface area contributed by atoms with Crippen molar-refractivity contribution in [2.75, 3.05) is 30.4 Å². The van der Waals surface area contributed by atoms with Crippen molar-refractivity contribution < 1.29 is 19.1 Å². The first-order chi connectivity index (χ1) is 14.0. The van der Waals surface area contributed by atoms with Crippen LogP contribution in [0.5, 0.6) is 5.75 Å². The summed E-state index contributed by atoms with van der Waals surface area (Å²) in [5, 5.41) is 6.62. The molecule has 0 saturated heterocycles. The summed E-state index contributed by atoms with van der Waals surface area (Å²) in [6.45, 7) is 6.85. The van der Waals surface area contributed by atoms with Crippen molar-refractivity contribution in [3.63, 3.8) is 0 Å². The van der Waals surface area contributed by atoms with Crippen LogP contribution in [-0.2, 0) is 22.4 Å². The first kappa shape index (κ1) is 21.2. The number of anilines is 2. The van der Waals surface area contributed by atoms with Gasteiger partial charge in [0.2, 0.25) is 5.91 Å². The summed E-state index contributed by atoms with van der Waals surface area (Å²) in [5.74, 6) is 0.713. The minimum atomic E-state index is -0.357. The number of benzene rings is 1. The number of hydrogen-bond acceptors (Lipinski definition) is 6. The number of ether oxygens (including phenoxy) is 2. The summed E-state index contributed by atoms with van der Waals surface area (Å²) in [6, 6.07) is 7.50. The maximum Gasteiger partial charge on any atom is 0.341 e.